The molecule has 0 amide bonds. The molecule has 128 valence electrons. The standard InChI is InChI=1S/C18H22N2O4/c1-13(2)19-11-15-9-17(23-3)18(10-16(15)20(21)22)24-12-14-7-5-4-6-8-14/h4-10,13,19H,11-12H2,1-3H3. The number of nitrogens with zero attached hydrogens (tertiary/aromatic N) is 1. The first kappa shape index (κ1) is 17.7. The Morgan fingerprint density at radius 3 is 2.46 bits per heavy atom. The Kier molecular flexibility index (Phi) is 6.14. The highest BCUT2D eigenvalue weighted by Gasteiger charge is 2.20. The fraction of sp³-hybridized carbons (Fsp3) is 0.333. The summed E-state index contributed by atoms with van der Waals surface area (Å²) < 4.78 is 11.1. The largest absolute Gasteiger partial charge is 0.493 e. The van der Waals surface area contributed by atoms with E-state index in [1.54, 1.807) is 6.07 Å². The van der Waals surface area contributed by atoms with E-state index < -0.39 is 4.92 Å². The Morgan fingerprint density at radius 1 is 1.17 bits per heavy atom. The van der Waals surface area contributed by atoms with Crippen LogP contribution in [0.3, 0.4) is 0 Å². The van der Waals surface area contributed by atoms with E-state index in [4.69, 9.17) is 9.47 Å². The van der Waals surface area contributed by atoms with Crippen LogP contribution in [0.4, 0.5) is 5.69 Å². The molecule has 0 atom stereocenters. The summed E-state index contributed by atoms with van der Waals surface area (Å²) in [6.07, 6.45) is 0. The van der Waals surface area contributed by atoms with Gasteiger partial charge in [0.15, 0.2) is 11.5 Å². The molecule has 0 aromatic heterocycles. The van der Waals surface area contributed by atoms with Gasteiger partial charge in [0.25, 0.3) is 5.69 Å². The molecular formula is C18H22N2O4. The van der Waals surface area contributed by atoms with Crippen molar-refractivity contribution in [2.45, 2.75) is 33.0 Å². The third-order valence-electron chi connectivity index (χ3n) is 3.50. The molecule has 0 aliphatic carbocycles. The van der Waals surface area contributed by atoms with Crippen molar-refractivity contribution in [3.8, 4) is 11.5 Å². The van der Waals surface area contributed by atoms with Crippen LogP contribution >= 0.6 is 0 Å². The summed E-state index contributed by atoms with van der Waals surface area (Å²) >= 11 is 0. The van der Waals surface area contributed by atoms with Crippen molar-refractivity contribution in [1.82, 2.24) is 5.32 Å². The quantitative estimate of drug-likeness (QED) is 0.590. The number of nitro groups is 1. The lowest BCUT2D eigenvalue weighted by molar-refractivity contribution is -0.385. The summed E-state index contributed by atoms with van der Waals surface area (Å²) in [6, 6.07) is 12.9. The van der Waals surface area contributed by atoms with Crippen LogP contribution < -0.4 is 14.8 Å². The molecule has 2 rings (SSSR count). The zero-order valence-corrected chi connectivity index (χ0v) is 14.1. The van der Waals surface area contributed by atoms with Crippen molar-refractivity contribution in [2.24, 2.45) is 0 Å². The second-order valence-electron chi connectivity index (χ2n) is 5.70. The van der Waals surface area contributed by atoms with Gasteiger partial charge in [0.05, 0.1) is 18.1 Å². The molecule has 6 nitrogen and oxygen atoms in total. The molecule has 0 heterocycles. The molecule has 2 aromatic rings. The molecule has 0 spiro atoms. The molecule has 0 aliphatic heterocycles. The summed E-state index contributed by atoms with van der Waals surface area (Å²) in [7, 11) is 1.52. The maximum Gasteiger partial charge on any atom is 0.277 e. The first-order chi connectivity index (χ1) is 11.5. The maximum absolute atomic E-state index is 11.4. The third-order valence-corrected chi connectivity index (χ3v) is 3.50. The molecule has 24 heavy (non-hydrogen) atoms. The van der Waals surface area contributed by atoms with E-state index in [0.717, 1.165) is 5.56 Å². The number of methoxy groups -OCH3 is 1. The van der Waals surface area contributed by atoms with Gasteiger partial charge < -0.3 is 14.8 Å². The fourth-order valence-corrected chi connectivity index (χ4v) is 2.22. The summed E-state index contributed by atoms with van der Waals surface area (Å²) in [6.45, 7) is 4.68. The van der Waals surface area contributed by atoms with E-state index in [-0.39, 0.29) is 11.7 Å². The summed E-state index contributed by atoms with van der Waals surface area (Å²) in [5.41, 5.74) is 1.57. The van der Waals surface area contributed by atoms with Crippen LogP contribution in [0.5, 0.6) is 11.5 Å². The normalized spacial score (nSPS) is 10.7. The lowest BCUT2D eigenvalue weighted by Gasteiger charge is -2.14. The lowest BCUT2D eigenvalue weighted by atomic mass is 10.1. The highest BCUT2D eigenvalue weighted by Crippen LogP contribution is 2.35. The average Bonchev–Trinajstić information content (AvgIpc) is 2.58. The highest BCUT2D eigenvalue weighted by molar-refractivity contribution is 5.54. The van der Waals surface area contributed by atoms with Gasteiger partial charge in [0, 0.05) is 18.2 Å². The molecule has 0 saturated carbocycles. The molecule has 2 aromatic carbocycles. The molecule has 0 fully saturated rings. The van der Waals surface area contributed by atoms with Crippen LogP contribution in [0, 0.1) is 10.1 Å². The Balaban J connectivity index is 2.26. The van der Waals surface area contributed by atoms with Gasteiger partial charge in [-0.3, -0.25) is 10.1 Å². The van der Waals surface area contributed by atoms with Crippen LogP contribution in [-0.2, 0) is 13.2 Å². The minimum absolute atomic E-state index is 0.0204. The fourth-order valence-electron chi connectivity index (χ4n) is 2.22. The van der Waals surface area contributed by atoms with Gasteiger partial charge in [0.2, 0.25) is 0 Å². The maximum atomic E-state index is 11.4. The third kappa shape index (κ3) is 4.70. The van der Waals surface area contributed by atoms with Crippen LogP contribution in [0.15, 0.2) is 42.5 Å². The van der Waals surface area contributed by atoms with Crippen LogP contribution in [-0.4, -0.2) is 18.1 Å². The van der Waals surface area contributed by atoms with E-state index in [9.17, 15) is 10.1 Å². The molecule has 1 N–H and O–H groups in total. The van der Waals surface area contributed by atoms with Crippen molar-refractivity contribution in [3.63, 3.8) is 0 Å². The van der Waals surface area contributed by atoms with Gasteiger partial charge in [-0.05, 0) is 11.6 Å². The van der Waals surface area contributed by atoms with Gasteiger partial charge >= 0.3 is 0 Å². The second kappa shape index (κ2) is 8.31. The van der Waals surface area contributed by atoms with E-state index in [1.165, 1.54) is 13.2 Å². The van der Waals surface area contributed by atoms with Gasteiger partial charge in [-0.2, -0.15) is 0 Å². The summed E-state index contributed by atoms with van der Waals surface area (Å²) in [5, 5.41) is 14.6. The molecule has 0 unspecified atom stereocenters. The van der Waals surface area contributed by atoms with Crippen LogP contribution in [0.1, 0.15) is 25.0 Å². The number of ether oxygens (including phenoxy) is 2. The SMILES string of the molecule is COc1cc(CNC(C)C)c([N+](=O)[O-])cc1OCc1ccccc1. The monoisotopic (exact) mass is 330 g/mol. The van der Waals surface area contributed by atoms with E-state index in [2.05, 4.69) is 5.32 Å². The Hall–Kier alpha value is -2.60. The minimum Gasteiger partial charge on any atom is -0.493 e. The van der Waals surface area contributed by atoms with Gasteiger partial charge in [-0.1, -0.05) is 44.2 Å². The van der Waals surface area contributed by atoms with Crippen molar-refractivity contribution in [2.75, 3.05) is 7.11 Å². The van der Waals surface area contributed by atoms with Gasteiger partial charge in [-0.25, -0.2) is 0 Å². The molecule has 6 heteroatoms. The number of rotatable bonds is 8. The first-order valence-corrected chi connectivity index (χ1v) is 7.76. The average molecular weight is 330 g/mol. The van der Waals surface area contributed by atoms with Crippen molar-refractivity contribution in [3.05, 3.63) is 63.7 Å². The highest BCUT2D eigenvalue weighted by atomic mass is 16.6. The Labute approximate surface area is 141 Å². The van der Waals surface area contributed by atoms with Crippen LogP contribution in [0.2, 0.25) is 0 Å². The number of hydrogen-bond acceptors (Lipinski definition) is 5. The predicted octanol–water partition coefficient (Wildman–Crippen LogP) is 3.68. The van der Waals surface area contributed by atoms with Crippen LogP contribution in [0.25, 0.3) is 0 Å². The molecule has 0 saturated heterocycles. The predicted molar refractivity (Wildman–Crippen MR) is 92.4 cm³/mol. The summed E-state index contributed by atoms with van der Waals surface area (Å²) in [5.74, 6) is 0.846. The molecular weight excluding hydrogens is 308 g/mol. The number of nitro benzene ring substituents is 1. The zero-order valence-electron chi connectivity index (χ0n) is 14.1. The van der Waals surface area contributed by atoms with E-state index in [1.807, 2.05) is 44.2 Å². The Bertz CT molecular complexity index is 687. The van der Waals surface area contributed by atoms with Crippen molar-refractivity contribution in [1.29, 1.82) is 0 Å². The zero-order chi connectivity index (χ0) is 17.5. The topological polar surface area (TPSA) is 73.6 Å². The minimum atomic E-state index is -0.397. The summed E-state index contributed by atoms with van der Waals surface area (Å²) in [4.78, 5) is 11.0. The van der Waals surface area contributed by atoms with Crippen molar-refractivity contribution < 1.29 is 14.4 Å². The lowest BCUT2D eigenvalue weighted by Crippen LogP contribution is -2.22. The second-order valence-corrected chi connectivity index (χ2v) is 5.70. The first-order valence-electron chi connectivity index (χ1n) is 7.76. The number of benzene rings is 2. The molecule has 0 radical (unpaired) electrons. The Morgan fingerprint density at radius 2 is 1.88 bits per heavy atom. The molecule has 0 aliphatic rings. The number of hydrogen-bond donors (Lipinski definition) is 1. The van der Waals surface area contributed by atoms with E-state index in [0.29, 0.717) is 30.2 Å². The van der Waals surface area contributed by atoms with Gasteiger partial charge in [0.1, 0.15) is 6.61 Å². The van der Waals surface area contributed by atoms with Gasteiger partial charge in [-0.15, -0.1) is 0 Å². The van der Waals surface area contributed by atoms with E-state index >= 15 is 0 Å². The van der Waals surface area contributed by atoms with Crippen molar-refractivity contribution >= 4 is 5.69 Å². The smallest absolute Gasteiger partial charge is 0.277 e. The number of nitrogens with one attached hydrogen (secondary N) is 1. The molecule has 0 bridgehead atoms.